The van der Waals surface area contributed by atoms with Gasteiger partial charge in [-0.25, -0.2) is 0 Å². The highest BCUT2D eigenvalue weighted by Crippen LogP contribution is 2.34. The number of unbranched alkanes of at least 4 members (excludes halogenated alkanes) is 3. The lowest BCUT2D eigenvalue weighted by Crippen LogP contribution is -2.15. The van der Waals surface area contributed by atoms with Gasteiger partial charge in [-0.05, 0) is 55.4 Å². The molecule has 148 valence electrons. The van der Waals surface area contributed by atoms with Crippen molar-refractivity contribution in [3.63, 3.8) is 0 Å². The molecule has 2 nitrogen and oxygen atoms in total. The van der Waals surface area contributed by atoms with Crippen LogP contribution in [0, 0.1) is 11.8 Å². The summed E-state index contributed by atoms with van der Waals surface area (Å²) in [5.74, 6) is 3.87. The number of hydrogen-bond donors (Lipinski definition) is 0. The molecule has 0 radical (unpaired) electrons. The van der Waals surface area contributed by atoms with Gasteiger partial charge in [0.2, 0.25) is 0 Å². The van der Waals surface area contributed by atoms with E-state index in [-0.39, 0.29) is 0 Å². The van der Waals surface area contributed by atoms with Gasteiger partial charge in [0.15, 0.2) is 0 Å². The maximum Gasteiger partial charge on any atom is 0.119 e. The molecule has 1 fully saturated rings. The average molecular weight is 361 g/mol. The molecule has 1 aliphatic carbocycles. The van der Waals surface area contributed by atoms with Crippen LogP contribution < -0.4 is 9.47 Å². The standard InChI is InChI=1S/C24H40O2/c1-3-5-7-9-21-11-13-22(14-12-21)10-8-20-26-24-17-15-23(16-18-24)25-19-6-4-2/h15-18,21-22H,3-14,19-20H2,1-2H3. The van der Waals surface area contributed by atoms with Crippen molar-refractivity contribution >= 4 is 0 Å². The van der Waals surface area contributed by atoms with Crippen molar-refractivity contribution in [2.24, 2.45) is 11.8 Å². The van der Waals surface area contributed by atoms with Crippen LogP contribution in [-0.4, -0.2) is 13.2 Å². The van der Waals surface area contributed by atoms with Gasteiger partial charge in [0, 0.05) is 0 Å². The van der Waals surface area contributed by atoms with Crippen molar-refractivity contribution in [2.45, 2.75) is 90.9 Å². The van der Waals surface area contributed by atoms with Crippen molar-refractivity contribution < 1.29 is 9.47 Å². The first-order valence-electron chi connectivity index (χ1n) is 11.2. The topological polar surface area (TPSA) is 18.5 Å². The van der Waals surface area contributed by atoms with Crippen LogP contribution in [0.4, 0.5) is 0 Å². The Morgan fingerprint density at radius 1 is 0.654 bits per heavy atom. The Morgan fingerprint density at radius 2 is 1.12 bits per heavy atom. The lowest BCUT2D eigenvalue weighted by atomic mass is 9.78. The molecule has 26 heavy (non-hydrogen) atoms. The van der Waals surface area contributed by atoms with Gasteiger partial charge in [-0.3, -0.25) is 0 Å². The first-order chi connectivity index (χ1) is 12.8. The van der Waals surface area contributed by atoms with Crippen LogP contribution in [0.3, 0.4) is 0 Å². The molecule has 0 bridgehead atoms. The highest BCUT2D eigenvalue weighted by Gasteiger charge is 2.20. The van der Waals surface area contributed by atoms with Crippen molar-refractivity contribution in [1.82, 2.24) is 0 Å². The number of hydrogen-bond acceptors (Lipinski definition) is 2. The van der Waals surface area contributed by atoms with Crippen molar-refractivity contribution in [3.8, 4) is 11.5 Å². The maximum absolute atomic E-state index is 5.91. The Kier molecular flexibility index (Phi) is 10.6. The summed E-state index contributed by atoms with van der Waals surface area (Å²) in [6.07, 6.45) is 16.3. The van der Waals surface area contributed by atoms with E-state index < -0.39 is 0 Å². The summed E-state index contributed by atoms with van der Waals surface area (Å²) in [6.45, 7) is 6.12. The molecule has 0 N–H and O–H groups in total. The first kappa shape index (κ1) is 21.1. The number of ether oxygens (including phenoxy) is 2. The normalized spacial score (nSPS) is 20.1. The van der Waals surface area contributed by atoms with Crippen molar-refractivity contribution in [1.29, 1.82) is 0 Å². The summed E-state index contributed by atoms with van der Waals surface area (Å²) in [5.41, 5.74) is 0. The molecular formula is C24H40O2. The molecule has 0 saturated heterocycles. The molecule has 0 aromatic heterocycles. The van der Waals surface area contributed by atoms with E-state index in [4.69, 9.17) is 9.47 Å². The molecule has 2 heteroatoms. The van der Waals surface area contributed by atoms with Crippen molar-refractivity contribution in [3.05, 3.63) is 24.3 Å². The van der Waals surface area contributed by atoms with Gasteiger partial charge in [0.25, 0.3) is 0 Å². The van der Waals surface area contributed by atoms with Gasteiger partial charge in [-0.1, -0.05) is 71.6 Å². The average Bonchev–Trinajstić information content (AvgIpc) is 2.68. The predicted molar refractivity (Wildman–Crippen MR) is 111 cm³/mol. The lowest BCUT2D eigenvalue weighted by molar-refractivity contribution is 0.228. The molecule has 1 aromatic carbocycles. The molecule has 1 aromatic rings. The van der Waals surface area contributed by atoms with E-state index in [2.05, 4.69) is 13.8 Å². The summed E-state index contributed by atoms with van der Waals surface area (Å²) >= 11 is 0. The second kappa shape index (κ2) is 13.1. The third-order valence-corrected chi connectivity index (χ3v) is 5.80. The van der Waals surface area contributed by atoms with Crippen LogP contribution in [-0.2, 0) is 0 Å². The van der Waals surface area contributed by atoms with E-state index in [9.17, 15) is 0 Å². The monoisotopic (exact) mass is 360 g/mol. The third kappa shape index (κ3) is 8.47. The van der Waals surface area contributed by atoms with E-state index in [0.717, 1.165) is 43.0 Å². The molecule has 0 amide bonds. The third-order valence-electron chi connectivity index (χ3n) is 5.80. The quantitative estimate of drug-likeness (QED) is 0.341. The SMILES string of the molecule is CCCCCC1CCC(CCCOc2ccc(OCCCC)cc2)CC1. The molecular weight excluding hydrogens is 320 g/mol. The Balaban J connectivity index is 1.52. The molecule has 0 atom stereocenters. The molecule has 0 heterocycles. The van der Waals surface area contributed by atoms with Crippen LogP contribution in [0.5, 0.6) is 11.5 Å². The van der Waals surface area contributed by atoms with Crippen LogP contribution in [0.25, 0.3) is 0 Å². The van der Waals surface area contributed by atoms with Crippen LogP contribution in [0.1, 0.15) is 90.9 Å². The highest BCUT2D eigenvalue weighted by atomic mass is 16.5. The predicted octanol–water partition coefficient (Wildman–Crippen LogP) is 7.41. The summed E-state index contributed by atoms with van der Waals surface area (Å²) in [6, 6.07) is 8.10. The van der Waals surface area contributed by atoms with Gasteiger partial charge in [0.05, 0.1) is 13.2 Å². The molecule has 2 rings (SSSR count). The zero-order valence-electron chi connectivity index (χ0n) is 17.2. The van der Waals surface area contributed by atoms with Crippen molar-refractivity contribution in [2.75, 3.05) is 13.2 Å². The second-order valence-corrected chi connectivity index (χ2v) is 8.05. The Hall–Kier alpha value is -1.18. The fraction of sp³-hybridized carbons (Fsp3) is 0.750. The molecule has 0 unspecified atom stereocenters. The molecule has 0 aliphatic heterocycles. The first-order valence-corrected chi connectivity index (χ1v) is 11.2. The summed E-state index contributed by atoms with van der Waals surface area (Å²) in [5, 5.41) is 0. The Morgan fingerprint density at radius 3 is 1.62 bits per heavy atom. The minimum atomic E-state index is 0.803. The van der Waals surface area contributed by atoms with Crippen LogP contribution in [0.15, 0.2) is 24.3 Å². The molecule has 1 saturated carbocycles. The smallest absolute Gasteiger partial charge is 0.119 e. The zero-order valence-corrected chi connectivity index (χ0v) is 17.2. The van der Waals surface area contributed by atoms with E-state index in [1.165, 1.54) is 70.6 Å². The summed E-state index contributed by atoms with van der Waals surface area (Å²) in [7, 11) is 0. The fourth-order valence-electron chi connectivity index (χ4n) is 4.02. The largest absolute Gasteiger partial charge is 0.494 e. The minimum absolute atomic E-state index is 0.803. The molecule has 0 spiro atoms. The van der Waals surface area contributed by atoms with Crippen LogP contribution in [0.2, 0.25) is 0 Å². The van der Waals surface area contributed by atoms with Gasteiger partial charge in [0.1, 0.15) is 11.5 Å². The van der Waals surface area contributed by atoms with E-state index in [1.807, 2.05) is 24.3 Å². The van der Waals surface area contributed by atoms with E-state index >= 15 is 0 Å². The second-order valence-electron chi connectivity index (χ2n) is 8.05. The molecule has 1 aliphatic rings. The number of benzene rings is 1. The van der Waals surface area contributed by atoms with Gasteiger partial charge >= 0.3 is 0 Å². The van der Waals surface area contributed by atoms with Gasteiger partial charge in [-0.15, -0.1) is 0 Å². The Bertz CT molecular complexity index is 446. The van der Waals surface area contributed by atoms with Gasteiger partial charge < -0.3 is 9.47 Å². The zero-order chi connectivity index (χ0) is 18.5. The fourth-order valence-corrected chi connectivity index (χ4v) is 4.02. The lowest BCUT2D eigenvalue weighted by Gasteiger charge is -2.28. The summed E-state index contributed by atoms with van der Waals surface area (Å²) < 4.78 is 11.6. The highest BCUT2D eigenvalue weighted by molar-refractivity contribution is 5.31. The van der Waals surface area contributed by atoms with E-state index in [0.29, 0.717) is 0 Å². The number of rotatable bonds is 13. The van der Waals surface area contributed by atoms with E-state index in [1.54, 1.807) is 0 Å². The summed E-state index contributed by atoms with van der Waals surface area (Å²) in [4.78, 5) is 0. The maximum atomic E-state index is 5.91. The van der Waals surface area contributed by atoms with Crippen LogP contribution >= 0.6 is 0 Å². The van der Waals surface area contributed by atoms with Gasteiger partial charge in [-0.2, -0.15) is 0 Å². The minimum Gasteiger partial charge on any atom is -0.494 e. The Labute approximate surface area is 161 Å².